The van der Waals surface area contributed by atoms with Gasteiger partial charge in [0.05, 0.1) is 0 Å². The van der Waals surface area contributed by atoms with E-state index in [0.717, 1.165) is 17.8 Å². The number of hydrogen-bond donors (Lipinski definition) is 0. The highest BCUT2D eigenvalue weighted by Gasteiger charge is 2.28. The second kappa shape index (κ2) is 9.09. The van der Waals surface area contributed by atoms with Crippen LogP contribution >= 0.6 is 0 Å². The highest BCUT2D eigenvalue weighted by atomic mass is 14.3. The van der Waals surface area contributed by atoms with Gasteiger partial charge in [-0.15, -0.1) is 0 Å². The van der Waals surface area contributed by atoms with Crippen molar-refractivity contribution in [2.24, 2.45) is 17.8 Å². The van der Waals surface area contributed by atoms with Crippen molar-refractivity contribution in [3.63, 3.8) is 0 Å². The maximum Gasteiger partial charge on any atom is -0.0184 e. The van der Waals surface area contributed by atoms with Crippen molar-refractivity contribution < 1.29 is 0 Å². The Bertz CT molecular complexity index is 680. The number of rotatable bonds is 5. The zero-order chi connectivity index (χ0) is 18.5. The van der Waals surface area contributed by atoms with Crippen LogP contribution in [0.15, 0.2) is 48.5 Å². The Kier molecular flexibility index (Phi) is 6.32. The van der Waals surface area contributed by atoms with E-state index < -0.39 is 0 Å². The Labute approximate surface area is 166 Å². The minimum Gasteiger partial charge on any atom is -0.0587 e. The Balaban J connectivity index is 1.24. The third kappa shape index (κ3) is 5.03. The minimum absolute atomic E-state index is 0.974. The SMILES string of the molecule is Cc1ccc(-c2ccc(CCC3CCC(C4CCCCC4)CC3)cc2)cc1. The average molecular weight is 361 g/mol. The van der Waals surface area contributed by atoms with E-state index in [2.05, 4.69) is 55.5 Å². The van der Waals surface area contributed by atoms with Crippen molar-refractivity contribution in [1.29, 1.82) is 0 Å². The van der Waals surface area contributed by atoms with Gasteiger partial charge in [-0.1, -0.05) is 99.0 Å². The van der Waals surface area contributed by atoms with E-state index >= 15 is 0 Å². The molecule has 2 saturated carbocycles. The Morgan fingerprint density at radius 2 is 1.19 bits per heavy atom. The molecule has 0 bridgehead atoms. The summed E-state index contributed by atoms with van der Waals surface area (Å²) in [7, 11) is 0. The molecule has 0 aromatic heterocycles. The first-order valence-electron chi connectivity index (χ1n) is 11.4. The summed E-state index contributed by atoms with van der Waals surface area (Å²) in [4.78, 5) is 0. The first kappa shape index (κ1) is 18.8. The van der Waals surface area contributed by atoms with Crippen molar-refractivity contribution >= 4 is 0 Å². The molecule has 0 atom stereocenters. The average Bonchev–Trinajstić information content (AvgIpc) is 2.74. The van der Waals surface area contributed by atoms with Crippen LogP contribution in [-0.4, -0.2) is 0 Å². The molecule has 0 amide bonds. The van der Waals surface area contributed by atoms with E-state index in [1.165, 1.54) is 92.9 Å². The molecule has 144 valence electrons. The summed E-state index contributed by atoms with van der Waals surface area (Å²) in [6.45, 7) is 2.15. The summed E-state index contributed by atoms with van der Waals surface area (Å²) < 4.78 is 0. The molecule has 0 aliphatic heterocycles. The quantitative estimate of drug-likeness (QED) is 0.507. The fourth-order valence-corrected chi connectivity index (χ4v) is 5.53. The Morgan fingerprint density at radius 3 is 1.81 bits per heavy atom. The summed E-state index contributed by atoms with van der Waals surface area (Å²) in [5, 5.41) is 0. The van der Waals surface area contributed by atoms with E-state index in [1.54, 1.807) is 0 Å². The molecule has 2 aromatic carbocycles. The van der Waals surface area contributed by atoms with Gasteiger partial charge < -0.3 is 0 Å². The van der Waals surface area contributed by atoms with E-state index in [-0.39, 0.29) is 0 Å². The lowest BCUT2D eigenvalue weighted by atomic mass is 9.70. The molecule has 0 radical (unpaired) electrons. The van der Waals surface area contributed by atoms with Crippen LogP contribution in [0.4, 0.5) is 0 Å². The fourth-order valence-electron chi connectivity index (χ4n) is 5.53. The molecule has 0 nitrogen and oxygen atoms in total. The molecule has 0 spiro atoms. The zero-order valence-electron chi connectivity index (χ0n) is 17.1. The first-order valence-corrected chi connectivity index (χ1v) is 11.4. The van der Waals surface area contributed by atoms with E-state index in [4.69, 9.17) is 0 Å². The normalized spacial score (nSPS) is 24.0. The van der Waals surface area contributed by atoms with Gasteiger partial charge in [0.1, 0.15) is 0 Å². The number of aryl methyl sites for hydroxylation is 2. The van der Waals surface area contributed by atoms with Gasteiger partial charge in [0.15, 0.2) is 0 Å². The molecular weight excluding hydrogens is 324 g/mol. The molecule has 27 heavy (non-hydrogen) atoms. The summed E-state index contributed by atoms with van der Waals surface area (Å²) in [6.07, 6.45) is 16.2. The molecule has 0 saturated heterocycles. The zero-order valence-corrected chi connectivity index (χ0v) is 17.1. The van der Waals surface area contributed by atoms with Gasteiger partial charge in [0.25, 0.3) is 0 Å². The van der Waals surface area contributed by atoms with Gasteiger partial charge >= 0.3 is 0 Å². The Hall–Kier alpha value is -1.56. The van der Waals surface area contributed by atoms with Crippen LogP contribution in [0.25, 0.3) is 11.1 Å². The van der Waals surface area contributed by atoms with Gasteiger partial charge in [-0.3, -0.25) is 0 Å². The van der Waals surface area contributed by atoms with Crippen molar-refractivity contribution in [2.75, 3.05) is 0 Å². The fraction of sp³-hybridized carbons (Fsp3) is 0.556. The van der Waals surface area contributed by atoms with Gasteiger partial charge in [-0.2, -0.15) is 0 Å². The van der Waals surface area contributed by atoms with Gasteiger partial charge in [-0.05, 0) is 67.1 Å². The van der Waals surface area contributed by atoms with Crippen LogP contribution < -0.4 is 0 Å². The molecule has 0 unspecified atom stereocenters. The smallest absolute Gasteiger partial charge is 0.0184 e. The maximum atomic E-state index is 2.35. The third-order valence-electron chi connectivity index (χ3n) is 7.39. The van der Waals surface area contributed by atoms with Gasteiger partial charge in [0.2, 0.25) is 0 Å². The predicted octanol–water partition coefficient (Wildman–Crippen LogP) is 7.98. The van der Waals surface area contributed by atoms with E-state index in [9.17, 15) is 0 Å². The van der Waals surface area contributed by atoms with Crippen LogP contribution in [0, 0.1) is 24.7 Å². The monoisotopic (exact) mass is 360 g/mol. The van der Waals surface area contributed by atoms with Crippen LogP contribution in [0.5, 0.6) is 0 Å². The van der Waals surface area contributed by atoms with Crippen LogP contribution in [0.3, 0.4) is 0 Å². The largest absolute Gasteiger partial charge is 0.0587 e. The van der Waals surface area contributed by atoms with Crippen molar-refractivity contribution in [1.82, 2.24) is 0 Å². The predicted molar refractivity (Wildman–Crippen MR) is 117 cm³/mol. The van der Waals surface area contributed by atoms with Crippen LogP contribution in [-0.2, 0) is 6.42 Å². The molecule has 0 N–H and O–H groups in total. The second-order valence-corrected chi connectivity index (χ2v) is 9.28. The molecule has 2 aromatic rings. The summed E-state index contributed by atoms with van der Waals surface area (Å²) in [5.74, 6) is 3.12. The Morgan fingerprint density at radius 1 is 0.630 bits per heavy atom. The topological polar surface area (TPSA) is 0 Å². The first-order chi connectivity index (χ1) is 13.3. The molecule has 2 aliphatic carbocycles. The van der Waals surface area contributed by atoms with Crippen molar-refractivity contribution in [2.45, 2.75) is 77.6 Å². The highest BCUT2D eigenvalue weighted by Crippen LogP contribution is 2.40. The number of hydrogen-bond acceptors (Lipinski definition) is 0. The minimum atomic E-state index is 0.974. The van der Waals surface area contributed by atoms with Gasteiger partial charge in [-0.25, -0.2) is 0 Å². The lowest BCUT2D eigenvalue weighted by molar-refractivity contribution is 0.163. The van der Waals surface area contributed by atoms with E-state index in [1.807, 2.05) is 0 Å². The molecule has 0 heteroatoms. The molecular formula is C27H36. The van der Waals surface area contributed by atoms with E-state index in [0.29, 0.717) is 0 Å². The number of benzene rings is 2. The lowest BCUT2D eigenvalue weighted by Gasteiger charge is -2.36. The van der Waals surface area contributed by atoms with Crippen molar-refractivity contribution in [3.05, 3.63) is 59.7 Å². The molecule has 2 fully saturated rings. The summed E-state index contributed by atoms with van der Waals surface area (Å²) in [6, 6.07) is 18.2. The summed E-state index contributed by atoms with van der Waals surface area (Å²) in [5.41, 5.74) is 5.51. The highest BCUT2D eigenvalue weighted by molar-refractivity contribution is 5.63. The van der Waals surface area contributed by atoms with Crippen LogP contribution in [0.1, 0.15) is 75.3 Å². The van der Waals surface area contributed by atoms with Crippen molar-refractivity contribution in [3.8, 4) is 11.1 Å². The second-order valence-electron chi connectivity index (χ2n) is 9.28. The molecule has 4 rings (SSSR count). The maximum absolute atomic E-state index is 2.35. The molecule has 0 heterocycles. The molecule has 2 aliphatic rings. The lowest BCUT2D eigenvalue weighted by Crippen LogP contribution is -2.23. The standard InChI is InChI=1S/C27H36/c1-21-7-15-25(16-8-21)27-19-13-23(14-20-27)10-9-22-11-17-26(18-12-22)24-5-3-2-4-6-24/h7-8,13-16,19-20,22,24,26H,2-6,9-12,17-18H2,1H3. The van der Waals surface area contributed by atoms with Crippen LogP contribution in [0.2, 0.25) is 0 Å². The third-order valence-corrected chi connectivity index (χ3v) is 7.39. The summed E-state index contributed by atoms with van der Waals surface area (Å²) >= 11 is 0. The van der Waals surface area contributed by atoms with Gasteiger partial charge in [0, 0.05) is 0 Å².